The van der Waals surface area contributed by atoms with Crippen molar-refractivity contribution in [2.75, 3.05) is 29.1 Å². The van der Waals surface area contributed by atoms with Crippen molar-refractivity contribution in [3.8, 4) is 0 Å². The summed E-state index contributed by atoms with van der Waals surface area (Å²) in [5.41, 5.74) is 3.27. The molecule has 0 bridgehead atoms. The lowest BCUT2D eigenvalue weighted by atomic mass is 9.92. The van der Waals surface area contributed by atoms with Crippen molar-refractivity contribution < 1.29 is 9.21 Å². The topological polar surface area (TPSA) is 76.2 Å². The third-order valence-electron chi connectivity index (χ3n) is 5.95. The van der Waals surface area contributed by atoms with Crippen LogP contribution in [0.2, 0.25) is 0 Å². The zero-order valence-corrected chi connectivity index (χ0v) is 20.7. The first-order valence-electron chi connectivity index (χ1n) is 11.7. The summed E-state index contributed by atoms with van der Waals surface area (Å²) in [6.07, 6.45) is 3.99. The van der Waals surface area contributed by atoms with Gasteiger partial charge in [-0.25, -0.2) is 0 Å². The van der Waals surface area contributed by atoms with Crippen LogP contribution in [0.15, 0.2) is 46.2 Å². The van der Waals surface area contributed by atoms with Gasteiger partial charge in [-0.2, -0.15) is 0 Å². The molecule has 0 unspecified atom stereocenters. The molecule has 2 aromatic heterocycles. The van der Waals surface area contributed by atoms with E-state index in [2.05, 4.69) is 70.9 Å². The summed E-state index contributed by atoms with van der Waals surface area (Å²) in [4.78, 5) is 15.3. The number of anilines is 2. The van der Waals surface area contributed by atoms with Gasteiger partial charge in [-0.1, -0.05) is 57.7 Å². The maximum absolute atomic E-state index is 13.0. The average Bonchev–Trinajstić information content (AvgIpc) is 3.55. The first-order chi connectivity index (χ1) is 15.9. The number of rotatable bonds is 9. The van der Waals surface area contributed by atoms with E-state index >= 15 is 0 Å². The second-order valence-electron chi connectivity index (χ2n) is 9.10. The Morgan fingerprint density at radius 1 is 1.06 bits per heavy atom. The number of nitrogens with one attached hydrogen (secondary N) is 1. The standard InChI is InChI=1S/C25H33N5O2S/c1-17(2)20-10-7-11-21(18(3)4)23(20)26-22(31)16-33-25-28-27-24(29-12-5-6-13-29)30(25)15-19-9-8-14-32-19/h7-11,14,17-18H,5-6,12-13,15-16H2,1-4H3,(H,26,31). The highest BCUT2D eigenvalue weighted by Gasteiger charge is 2.23. The number of benzene rings is 1. The molecule has 1 aliphatic rings. The smallest absolute Gasteiger partial charge is 0.234 e. The maximum atomic E-state index is 13.0. The van der Waals surface area contributed by atoms with Gasteiger partial charge < -0.3 is 14.6 Å². The number of amides is 1. The van der Waals surface area contributed by atoms with Gasteiger partial charge in [-0.05, 0) is 47.9 Å². The number of hydrogen-bond acceptors (Lipinski definition) is 6. The molecule has 1 aliphatic heterocycles. The van der Waals surface area contributed by atoms with Crippen LogP contribution in [-0.2, 0) is 11.3 Å². The first kappa shape index (κ1) is 23.4. The van der Waals surface area contributed by atoms with Gasteiger partial charge in [0.25, 0.3) is 0 Å². The van der Waals surface area contributed by atoms with Crippen molar-refractivity contribution in [1.82, 2.24) is 14.8 Å². The van der Waals surface area contributed by atoms with Crippen molar-refractivity contribution in [3.63, 3.8) is 0 Å². The third kappa shape index (κ3) is 5.43. The van der Waals surface area contributed by atoms with Crippen molar-refractivity contribution >= 4 is 29.3 Å². The van der Waals surface area contributed by atoms with Gasteiger partial charge in [-0.15, -0.1) is 10.2 Å². The van der Waals surface area contributed by atoms with E-state index in [1.807, 2.05) is 12.1 Å². The third-order valence-corrected chi connectivity index (χ3v) is 6.92. The number of aromatic nitrogens is 3. The Kier molecular flexibility index (Phi) is 7.42. The van der Waals surface area contributed by atoms with E-state index in [0.29, 0.717) is 18.4 Å². The fourth-order valence-electron chi connectivity index (χ4n) is 4.24. The van der Waals surface area contributed by atoms with E-state index in [0.717, 1.165) is 59.6 Å². The minimum atomic E-state index is -0.0368. The van der Waals surface area contributed by atoms with Crippen LogP contribution in [0.1, 0.15) is 69.3 Å². The average molecular weight is 468 g/mol. The van der Waals surface area contributed by atoms with Crippen molar-refractivity contribution in [2.45, 2.75) is 64.1 Å². The molecule has 8 heteroatoms. The molecule has 1 N–H and O–H groups in total. The molecule has 0 aliphatic carbocycles. The van der Waals surface area contributed by atoms with Crippen LogP contribution < -0.4 is 10.2 Å². The number of furan rings is 1. The number of nitrogens with zero attached hydrogens (tertiary/aromatic N) is 4. The summed E-state index contributed by atoms with van der Waals surface area (Å²) < 4.78 is 7.63. The second-order valence-corrected chi connectivity index (χ2v) is 10.0. The molecular weight excluding hydrogens is 434 g/mol. The number of para-hydroxylation sites is 1. The summed E-state index contributed by atoms with van der Waals surface area (Å²) in [7, 11) is 0. The zero-order valence-electron chi connectivity index (χ0n) is 19.9. The second kappa shape index (κ2) is 10.5. The maximum Gasteiger partial charge on any atom is 0.234 e. The Morgan fingerprint density at radius 3 is 2.36 bits per heavy atom. The molecule has 1 fully saturated rings. The van der Waals surface area contributed by atoms with Crippen LogP contribution in [0, 0.1) is 0 Å². The van der Waals surface area contributed by atoms with Crippen molar-refractivity contribution in [2.24, 2.45) is 0 Å². The molecule has 1 aromatic carbocycles. The predicted molar refractivity (Wildman–Crippen MR) is 133 cm³/mol. The van der Waals surface area contributed by atoms with Crippen LogP contribution in [0.3, 0.4) is 0 Å². The molecule has 7 nitrogen and oxygen atoms in total. The van der Waals surface area contributed by atoms with E-state index in [9.17, 15) is 4.79 Å². The molecule has 176 valence electrons. The van der Waals surface area contributed by atoms with Crippen LogP contribution >= 0.6 is 11.8 Å². The molecule has 1 saturated heterocycles. The summed E-state index contributed by atoms with van der Waals surface area (Å²) in [5, 5.41) is 12.8. The fourth-order valence-corrected chi connectivity index (χ4v) is 4.97. The fraction of sp³-hybridized carbons (Fsp3) is 0.480. The van der Waals surface area contributed by atoms with Crippen LogP contribution in [-0.4, -0.2) is 39.5 Å². The normalized spacial score (nSPS) is 13.9. The lowest BCUT2D eigenvalue weighted by Gasteiger charge is -2.20. The SMILES string of the molecule is CC(C)c1cccc(C(C)C)c1NC(=O)CSc1nnc(N2CCCC2)n1Cc1ccco1. The molecule has 0 saturated carbocycles. The van der Waals surface area contributed by atoms with E-state index < -0.39 is 0 Å². The van der Waals surface area contributed by atoms with Gasteiger partial charge in [0, 0.05) is 18.8 Å². The van der Waals surface area contributed by atoms with E-state index in [4.69, 9.17) is 4.42 Å². The van der Waals surface area contributed by atoms with Gasteiger partial charge in [0.15, 0.2) is 5.16 Å². The molecule has 0 atom stereocenters. The minimum absolute atomic E-state index is 0.0368. The summed E-state index contributed by atoms with van der Waals surface area (Å²) in [6.45, 7) is 11.1. The Labute approximate surface area is 199 Å². The monoisotopic (exact) mass is 467 g/mol. The highest BCUT2D eigenvalue weighted by Crippen LogP contribution is 2.33. The van der Waals surface area contributed by atoms with Crippen LogP contribution in [0.5, 0.6) is 0 Å². The zero-order chi connectivity index (χ0) is 23.4. The number of hydrogen-bond donors (Lipinski definition) is 1. The van der Waals surface area contributed by atoms with E-state index in [1.165, 1.54) is 11.8 Å². The lowest BCUT2D eigenvalue weighted by molar-refractivity contribution is -0.113. The summed E-state index contributed by atoms with van der Waals surface area (Å²) in [6, 6.07) is 10.1. The summed E-state index contributed by atoms with van der Waals surface area (Å²) in [5.74, 6) is 2.57. The summed E-state index contributed by atoms with van der Waals surface area (Å²) >= 11 is 1.41. The van der Waals surface area contributed by atoms with Crippen molar-refractivity contribution in [3.05, 3.63) is 53.5 Å². The molecule has 4 rings (SSSR count). The molecule has 3 aromatic rings. The molecule has 33 heavy (non-hydrogen) atoms. The van der Waals surface area contributed by atoms with Crippen LogP contribution in [0.4, 0.5) is 11.6 Å². The van der Waals surface area contributed by atoms with Gasteiger partial charge >= 0.3 is 0 Å². The van der Waals surface area contributed by atoms with E-state index in [1.54, 1.807) is 6.26 Å². The highest BCUT2D eigenvalue weighted by atomic mass is 32.2. The molecule has 1 amide bonds. The number of carbonyl (C=O) groups is 1. The van der Waals surface area contributed by atoms with Gasteiger partial charge in [0.05, 0.1) is 18.6 Å². The largest absolute Gasteiger partial charge is 0.467 e. The van der Waals surface area contributed by atoms with Gasteiger partial charge in [-0.3, -0.25) is 9.36 Å². The molecular formula is C25H33N5O2S. The Hall–Kier alpha value is -2.74. The lowest BCUT2D eigenvalue weighted by Crippen LogP contribution is -2.23. The van der Waals surface area contributed by atoms with Gasteiger partial charge in [0.1, 0.15) is 5.76 Å². The van der Waals surface area contributed by atoms with E-state index in [-0.39, 0.29) is 11.7 Å². The van der Waals surface area contributed by atoms with Crippen LogP contribution in [0.25, 0.3) is 0 Å². The Balaban J connectivity index is 1.51. The predicted octanol–water partition coefficient (Wildman–Crippen LogP) is 5.50. The first-order valence-corrected chi connectivity index (χ1v) is 12.7. The Bertz CT molecular complexity index is 1040. The highest BCUT2D eigenvalue weighted by molar-refractivity contribution is 7.99. The number of carbonyl (C=O) groups excluding carboxylic acids is 1. The van der Waals surface area contributed by atoms with Crippen molar-refractivity contribution in [1.29, 1.82) is 0 Å². The minimum Gasteiger partial charge on any atom is -0.467 e. The van der Waals surface area contributed by atoms with Gasteiger partial charge in [0.2, 0.25) is 11.9 Å². The Morgan fingerprint density at radius 2 is 1.76 bits per heavy atom. The molecule has 3 heterocycles. The molecule has 0 spiro atoms. The number of thioether (sulfide) groups is 1. The quantitative estimate of drug-likeness (QED) is 0.419. The molecule has 0 radical (unpaired) electrons.